The van der Waals surface area contributed by atoms with Crippen LogP contribution < -0.4 is 5.32 Å². The minimum absolute atomic E-state index is 0.406. The summed E-state index contributed by atoms with van der Waals surface area (Å²) in [7, 11) is 2.00. The van der Waals surface area contributed by atoms with E-state index in [1.165, 1.54) is 11.1 Å². The molecule has 1 atom stereocenters. The molecule has 0 saturated heterocycles. The van der Waals surface area contributed by atoms with Crippen molar-refractivity contribution in [1.82, 2.24) is 15.3 Å². The lowest BCUT2D eigenvalue weighted by atomic mass is 10.0. The molecule has 0 saturated carbocycles. The zero-order chi connectivity index (χ0) is 12.8. The van der Waals surface area contributed by atoms with Crippen LogP contribution in [0.2, 0.25) is 0 Å². The molecule has 1 unspecified atom stereocenters. The molecule has 4 heteroatoms. The molecule has 0 aliphatic heterocycles. The van der Waals surface area contributed by atoms with Crippen molar-refractivity contribution in [3.63, 3.8) is 0 Å². The number of hydrogen-bond donors (Lipinski definition) is 1. The van der Waals surface area contributed by atoms with Crippen LogP contribution in [0.25, 0.3) is 0 Å². The van der Waals surface area contributed by atoms with E-state index in [1.54, 1.807) is 6.20 Å². The summed E-state index contributed by atoms with van der Waals surface area (Å²) in [6.07, 6.45) is 9.35. The Kier molecular flexibility index (Phi) is 4.84. The Balaban J connectivity index is 2.01. The third-order valence-corrected chi connectivity index (χ3v) is 3.32. The van der Waals surface area contributed by atoms with Crippen LogP contribution >= 0.6 is 15.9 Å². The van der Waals surface area contributed by atoms with Gasteiger partial charge in [0.2, 0.25) is 0 Å². The highest BCUT2D eigenvalue weighted by Crippen LogP contribution is 2.13. The van der Waals surface area contributed by atoms with E-state index in [1.807, 2.05) is 25.6 Å². The minimum atomic E-state index is 0.406. The van der Waals surface area contributed by atoms with Crippen molar-refractivity contribution in [1.29, 1.82) is 0 Å². The molecule has 2 aromatic heterocycles. The summed E-state index contributed by atoms with van der Waals surface area (Å²) in [4.78, 5) is 8.23. The lowest BCUT2D eigenvalue weighted by molar-refractivity contribution is 0.555. The topological polar surface area (TPSA) is 37.8 Å². The Morgan fingerprint density at radius 2 is 1.83 bits per heavy atom. The smallest absolute Gasteiger partial charge is 0.0410 e. The van der Waals surface area contributed by atoms with Crippen molar-refractivity contribution in [3.8, 4) is 0 Å². The van der Waals surface area contributed by atoms with E-state index in [0.717, 1.165) is 17.3 Å². The van der Waals surface area contributed by atoms with Gasteiger partial charge in [-0.15, -0.1) is 0 Å². The van der Waals surface area contributed by atoms with Gasteiger partial charge in [-0.05, 0) is 65.1 Å². The number of rotatable bonds is 5. The highest BCUT2D eigenvalue weighted by atomic mass is 79.9. The molecule has 0 aromatic carbocycles. The van der Waals surface area contributed by atoms with Crippen LogP contribution in [0.5, 0.6) is 0 Å². The molecule has 0 aliphatic rings. The Hall–Kier alpha value is -1.26. The number of nitrogens with one attached hydrogen (secondary N) is 1. The Morgan fingerprint density at radius 3 is 2.50 bits per heavy atom. The number of aromatic nitrogens is 2. The third-order valence-electron chi connectivity index (χ3n) is 2.88. The molecule has 2 rings (SSSR count). The Bertz CT molecular complexity index is 487. The zero-order valence-electron chi connectivity index (χ0n) is 10.3. The number of halogens is 1. The summed E-state index contributed by atoms with van der Waals surface area (Å²) >= 11 is 3.45. The van der Waals surface area contributed by atoms with Gasteiger partial charge in [0.05, 0.1) is 0 Å². The zero-order valence-corrected chi connectivity index (χ0v) is 11.9. The molecular formula is C14H16BrN3. The molecule has 1 N–H and O–H groups in total. The van der Waals surface area contributed by atoms with Crippen LogP contribution in [0.3, 0.4) is 0 Å². The third kappa shape index (κ3) is 3.89. The van der Waals surface area contributed by atoms with Crippen molar-refractivity contribution in [2.45, 2.75) is 18.9 Å². The normalized spacial score (nSPS) is 12.3. The monoisotopic (exact) mass is 305 g/mol. The van der Waals surface area contributed by atoms with Gasteiger partial charge in [-0.1, -0.05) is 0 Å². The van der Waals surface area contributed by atoms with Gasteiger partial charge in [-0.3, -0.25) is 9.97 Å². The highest BCUT2D eigenvalue weighted by molar-refractivity contribution is 9.10. The van der Waals surface area contributed by atoms with Gasteiger partial charge < -0.3 is 5.32 Å². The second-order valence-electron chi connectivity index (χ2n) is 4.26. The Morgan fingerprint density at radius 1 is 1.11 bits per heavy atom. The van der Waals surface area contributed by atoms with Crippen LogP contribution in [-0.2, 0) is 12.8 Å². The van der Waals surface area contributed by atoms with Gasteiger partial charge >= 0.3 is 0 Å². The molecule has 0 spiro atoms. The van der Waals surface area contributed by atoms with E-state index in [4.69, 9.17) is 0 Å². The lowest BCUT2D eigenvalue weighted by Gasteiger charge is -2.16. The van der Waals surface area contributed by atoms with Crippen LogP contribution in [0, 0.1) is 0 Å². The maximum Gasteiger partial charge on any atom is 0.0410 e. The highest BCUT2D eigenvalue weighted by Gasteiger charge is 2.08. The van der Waals surface area contributed by atoms with Crippen LogP contribution in [0.4, 0.5) is 0 Å². The first-order chi connectivity index (χ1) is 8.78. The first kappa shape index (κ1) is 13.2. The fourth-order valence-corrected chi connectivity index (χ4v) is 2.34. The molecule has 0 radical (unpaired) electrons. The maximum absolute atomic E-state index is 4.19. The minimum Gasteiger partial charge on any atom is -0.316 e. The second-order valence-corrected chi connectivity index (χ2v) is 5.18. The van der Waals surface area contributed by atoms with Crippen molar-refractivity contribution in [3.05, 3.63) is 58.6 Å². The quantitative estimate of drug-likeness (QED) is 0.923. The number of likely N-dealkylation sites (N-methyl/N-ethyl adjacent to an activating group) is 1. The fraction of sp³-hybridized carbons (Fsp3) is 0.286. The van der Waals surface area contributed by atoms with Crippen molar-refractivity contribution in [2.75, 3.05) is 7.05 Å². The van der Waals surface area contributed by atoms with Crippen LogP contribution in [0.15, 0.2) is 47.5 Å². The molecular weight excluding hydrogens is 290 g/mol. The molecule has 2 heterocycles. The molecule has 0 bridgehead atoms. The van der Waals surface area contributed by atoms with Crippen molar-refractivity contribution < 1.29 is 0 Å². The molecule has 2 aromatic rings. The van der Waals surface area contributed by atoms with Gasteiger partial charge in [-0.25, -0.2) is 0 Å². The summed E-state index contributed by atoms with van der Waals surface area (Å²) in [5.74, 6) is 0. The summed E-state index contributed by atoms with van der Waals surface area (Å²) < 4.78 is 1.03. The van der Waals surface area contributed by atoms with E-state index in [-0.39, 0.29) is 0 Å². The van der Waals surface area contributed by atoms with Crippen molar-refractivity contribution in [2.24, 2.45) is 0 Å². The SMILES string of the molecule is CNC(Cc1ccncc1)Cc1cncc(Br)c1. The van der Waals surface area contributed by atoms with E-state index >= 15 is 0 Å². The first-order valence-corrected chi connectivity index (χ1v) is 6.73. The summed E-state index contributed by atoms with van der Waals surface area (Å²) in [6.45, 7) is 0. The van der Waals surface area contributed by atoms with Crippen LogP contribution in [0.1, 0.15) is 11.1 Å². The van der Waals surface area contributed by atoms with Crippen molar-refractivity contribution >= 4 is 15.9 Å². The molecule has 18 heavy (non-hydrogen) atoms. The van der Waals surface area contributed by atoms with Gasteiger partial charge in [-0.2, -0.15) is 0 Å². The average Bonchev–Trinajstić information content (AvgIpc) is 2.39. The molecule has 0 aliphatic carbocycles. The summed E-state index contributed by atoms with van der Waals surface area (Å²) in [5.41, 5.74) is 2.53. The van der Waals surface area contributed by atoms with Gasteiger partial charge in [0.1, 0.15) is 0 Å². The number of pyridine rings is 2. The molecule has 0 amide bonds. The summed E-state index contributed by atoms with van der Waals surface area (Å²) in [5, 5.41) is 3.35. The maximum atomic E-state index is 4.19. The fourth-order valence-electron chi connectivity index (χ4n) is 1.93. The van der Waals surface area contributed by atoms with Gasteiger partial charge in [0.15, 0.2) is 0 Å². The van der Waals surface area contributed by atoms with E-state index in [2.05, 4.69) is 49.4 Å². The Labute approximate surface area is 116 Å². The second kappa shape index (κ2) is 6.61. The summed E-state index contributed by atoms with van der Waals surface area (Å²) in [6, 6.07) is 6.64. The van der Waals surface area contributed by atoms with E-state index in [0.29, 0.717) is 6.04 Å². The standard InChI is InChI=1S/C14H16BrN3/c1-16-14(7-11-2-4-17-5-3-11)8-12-6-13(15)10-18-9-12/h2-6,9-10,14,16H,7-8H2,1H3. The first-order valence-electron chi connectivity index (χ1n) is 5.93. The molecule has 3 nitrogen and oxygen atoms in total. The lowest BCUT2D eigenvalue weighted by Crippen LogP contribution is -2.29. The molecule has 0 fully saturated rings. The van der Waals surface area contributed by atoms with E-state index < -0.39 is 0 Å². The number of nitrogens with zero attached hydrogens (tertiary/aromatic N) is 2. The number of hydrogen-bond acceptors (Lipinski definition) is 3. The predicted octanol–water partition coefficient (Wildman–Crippen LogP) is 2.61. The van der Waals surface area contributed by atoms with Gasteiger partial charge in [0.25, 0.3) is 0 Å². The predicted molar refractivity (Wildman–Crippen MR) is 76.4 cm³/mol. The average molecular weight is 306 g/mol. The largest absolute Gasteiger partial charge is 0.316 e. The molecule has 94 valence electrons. The van der Waals surface area contributed by atoms with Gasteiger partial charge in [0, 0.05) is 35.3 Å². The van der Waals surface area contributed by atoms with Crippen LogP contribution in [-0.4, -0.2) is 23.1 Å². The van der Waals surface area contributed by atoms with E-state index in [9.17, 15) is 0 Å².